The van der Waals surface area contributed by atoms with E-state index in [0.717, 1.165) is 12.8 Å². The Hall–Kier alpha value is -2.12. The summed E-state index contributed by atoms with van der Waals surface area (Å²) in [6, 6.07) is 0. The third-order valence-corrected chi connectivity index (χ3v) is 4.34. The van der Waals surface area contributed by atoms with Gasteiger partial charge in [0, 0.05) is 18.5 Å². The molecular weight excluding hydrogens is 304 g/mol. The van der Waals surface area contributed by atoms with Crippen LogP contribution in [0.1, 0.15) is 57.7 Å². The van der Waals surface area contributed by atoms with Crippen LogP contribution in [0.4, 0.5) is 14.6 Å². The molecule has 3 rings (SSSR count). The first-order valence-electron chi connectivity index (χ1n) is 7.61. The molecule has 1 aliphatic rings. The maximum atomic E-state index is 14.1. The molecule has 0 bridgehead atoms. The van der Waals surface area contributed by atoms with Crippen molar-refractivity contribution in [3.8, 4) is 11.4 Å². The Bertz CT molecular complexity index is 724. The van der Waals surface area contributed by atoms with Crippen molar-refractivity contribution in [3.05, 3.63) is 17.9 Å². The molecule has 0 unspecified atom stereocenters. The van der Waals surface area contributed by atoms with Crippen LogP contribution in [0.5, 0.6) is 0 Å². The third kappa shape index (κ3) is 2.66. The molecule has 2 aromatic heterocycles. The summed E-state index contributed by atoms with van der Waals surface area (Å²) in [4.78, 5) is 12.6. The van der Waals surface area contributed by atoms with Gasteiger partial charge >= 0.3 is 0 Å². The summed E-state index contributed by atoms with van der Waals surface area (Å²) in [6.07, 6.45) is 3.32. The molecule has 0 aromatic carbocycles. The number of nitrogens with two attached hydrogens (primary N) is 1. The Balaban J connectivity index is 1.93. The monoisotopic (exact) mass is 323 g/mol. The molecule has 0 amide bonds. The number of hydrogen-bond acceptors (Lipinski definition) is 6. The maximum absolute atomic E-state index is 14.1. The fourth-order valence-electron chi connectivity index (χ4n) is 2.30. The van der Waals surface area contributed by atoms with E-state index in [0.29, 0.717) is 17.3 Å². The van der Waals surface area contributed by atoms with Crippen LogP contribution in [0.25, 0.3) is 11.4 Å². The Morgan fingerprint density at radius 1 is 1.30 bits per heavy atom. The largest absolute Gasteiger partial charge is 0.383 e. The molecule has 1 aliphatic carbocycles. The molecule has 0 atom stereocenters. The highest BCUT2D eigenvalue weighted by molar-refractivity contribution is 5.66. The lowest BCUT2D eigenvalue weighted by atomic mass is 9.84. The third-order valence-electron chi connectivity index (χ3n) is 4.34. The van der Waals surface area contributed by atoms with E-state index in [9.17, 15) is 8.78 Å². The van der Waals surface area contributed by atoms with Gasteiger partial charge in [0.25, 0.3) is 5.92 Å². The summed E-state index contributed by atoms with van der Waals surface area (Å²) >= 11 is 0. The molecule has 2 heterocycles. The van der Waals surface area contributed by atoms with Crippen LogP contribution in [-0.4, -0.2) is 26.0 Å². The fourth-order valence-corrected chi connectivity index (χ4v) is 2.30. The second-order valence-electron chi connectivity index (χ2n) is 6.41. The van der Waals surface area contributed by atoms with Gasteiger partial charge in [-0.15, -0.1) is 0 Å². The van der Waals surface area contributed by atoms with Crippen LogP contribution in [0, 0.1) is 0 Å². The summed E-state index contributed by atoms with van der Waals surface area (Å²) in [5, 5.41) is 3.77. The number of halogens is 2. The number of nitrogen functional groups attached to an aromatic ring is 1. The zero-order chi connectivity index (χ0) is 16.8. The lowest BCUT2D eigenvalue weighted by Crippen LogP contribution is -2.40. The van der Waals surface area contributed by atoms with Crippen LogP contribution < -0.4 is 5.73 Å². The Kier molecular flexibility index (Phi) is 3.57. The molecule has 0 aliphatic heterocycles. The standard InChI is InChI=1S/C15H19F2N5O/c1-4-15(16,17)14(2,3)13-21-12(22-23-13)9-7-19-11(8-5-6-8)20-10(9)18/h7-8H,4-6H2,1-3H3,(H2,18,19,20). The van der Waals surface area contributed by atoms with Gasteiger partial charge in [-0.1, -0.05) is 12.1 Å². The van der Waals surface area contributed by atoms with Crippen LogP contribution in [0.2, 0.25) is 0 Å². The second-order valence-corrected chi connectivity index (χ2v) is 6.41. The molecule has 8 heteroatoms. The van der Waals surface area contributed by atoms with Gasteiger partial charge in [-0.05, 0) is 26.7 Å². The Morgan fingerprint density at radius 3 is 2.57 bits per heavy atom. The topological polar surface area (TPSA) is 90.7 Å². The van der Waals surface area contributed by atoms with Crippen LogP contribution in [0.3, 0.4) is 0 Å². The normalized spacial score (nSPS) is 15.9. The number of nitrogens with zero attached hydrogens (tertiary/aromatic N) is 4. The van der Waals surface area contributed by atoms with E-state index in [-0.39, 0.29) is 24.0 Å². The van der Waals surface area contributed by atoms with Crippen LogP contribution in [0.15, 0.2) is 10.7 Å². The highest BCUT2D eigenvalue weighted by Gasteiger charge is 2.50. The second kappa shape index (κ2) is 5.21. The lowest BCUT2D eigenvalue weighted by molar-refractivity contribution is -0.0788. The van der Waals surface area contributed by atoms with Crippen molar-refractivity contribution in [2.45, 2.75) is 57.3 Å². The zero-order valence-corrected chi connectivity index (χ0v) is 13.3. The summed E-state index contributed by atoms with van der Waals surface area (Å²) in [6.45, 7) is 4.18. The van der Waals surface area contributed by atoms with Crippen molar-refractivity contribution in [1.82, 2.24) is 20.1 Å². The van der Waals surface area contributed by atoms with E-state index in [1.54, 1.807) is 0 Å². The molecular formula is C15H19F2N5O. The lowest BCUT2D eigenvalue weighted by Gasteiger charge is -2.29. The molecule has 2 aromatic rings. The molecule has 6 nitrogen and oxygen atoms in total. The van der Waals surface area contributed by atoms with Crippen molar-refractivity contribution < 1.29 is 13.3 Å². The van der Waals surface area contributed by atoms with E-state index < -0.39 is 11.3 Å². The zero-order valence-electron chi connectivity index (χ0n) is 13.3. The maximum Gasteiger partial charge on any atom is 0.261 e. The molecule has 1 saturated carbocycles. The molecule has 0 saturated heterocycles. The van der Waals surface area contributed by atoms with Crippen LogP contribution >= 0.6 is 0 Å². The Labute approximate surface area is 132 Å². The minimum Gasteiger partial charge on any atom is -0.383 e. The SMILES string of the molecule is CCC(F)(F)C(C)(C)c1nc(-c2cnc(C3CC3)nc2N)no1. The number of alkyl halides is 2. The van der Waals surface area contributed by atoms with Gasteiger partial charge in [0.1, 0.15) is 17.1 Å². The van der Waals surface area contributed by atoms with Gasteiger partial charge in [-0.2, -0.15) is 4.98 Å². The van der Waals surface area contributed by atoms with Gasteiger partial charge in [-0.25, -0.2) is 18.7 Å². The average Bonchev–Trinajstić information content (AvgIpc) is 3.24. The smallest absolute Gasteiger partial charge is 0.261 e. The summed E-state index contributed by atoms with van der Waals surface area (Å²) in [5.41, 5.74) is 4.74. The van der Waals surface area contributed by atoms with Gasteiger partial charge in [0.2, 0.25) is 11.7 Å². The van der Waals surface area contributed by atoms with E-state index in [2.05, 4.69) is 20.1 Å². The van der Waals surface area contributed by atoms with Gasteiger partial charge in [0.05, 0.1) is 5.56 Å². The predicted molar refractivity (Wildman–Crippen MR) is 80.0 cm³/mol. The van der Waals surface area contributed by atoms with E-state index in [1.807, 2.05) is 0 Å². The predicted octanol–water partition coefficient (Wildman–Crippen LogP) is 3.31. The van der Waals surface area contributed by atoms with E-state index >= 15 is 0 Å². The number of aromatic nitrogens is 4. The van der Waals surface area contributed by atoms with Crippen LogP contribution in [-0.2, 0) is 5.41 Å². The van der Waals surface area contributed by atoms with Crippen molar-refractivity contribution >= 4 is 5.82 Å². The van der Waals surface area contributed by atoms with Gasteiger partial charge in [0.15, 0.2) is 0 Å². The minimum atomic E-state index is -2.96. The molecule has 124 valence electrons. The van der Waals surface area contributed by atoms with E-state index in [4.69, 9.17) is 10.3 Å². The quantitative estimate of drug-likeness (QED) is 0.907. The molecule has 23 heavy (non-hydrogen) atoms. The summed E-state index contributed by atoms with van der Waals surface area (Å²) in [7, 11) is 0. The first-order chi connectivity index (χ1) is 10.8. The Morgan fingerprint density at radius 2 is 2.00 bits per heavy atom. The summed E-state index contributed by atoms with van der Waals surface area (Å²) in [5.74, 6) is -1.67. The van der Waals surface area contributed by atoms with Crippen molar-refractivity contribution in [1.29, 1.82) is 0 Å². The average molecular weight is 323 g/mol. The summed E-state index contributed by atoms with van der Waals surface area (Å²) < 4.78 is 33.2. The number of rotatable bonds is 5. The number of anilines is 1. The van der Waals surface area contributed by atoms with Crippen molar-refractivity contribution in [2.75, 3.05) is 5.73 Å². The first kappa shape index (κ1) is 15.8. The minimum absolute atomic E-state index is 0.125. The van der Waals surface area contributed by atoms with Gasteiger partial charge in [-0.3, -0.25) is 0 Å². The van der Waals surface area contributed by atoms with Crippen molar-refractivity contribution in [3.63, 3.8) is 0 Å². The number of hydrogen-bond donors (Lipinski definition) is 1. The van der Waals surface area contributed by atoms with Gasteiger partial charge < -0.3 is 10.3 Å². The molecule has 2 N–H and O–H groups in total. The van der Waals surface area contributed by atoms with Crippen molar-refractivity contribution in [2.24, 2.45) is 0 Å². The highest BCUT2D eigenvalue weighted by Crippen LogP contribution is 2.42. The van der Waals surface area contributed by atoms with E-state index in [1.165, 1.54) is 27.0 Å². The molecule has 1 fully saturated rings. The first-order valence-corrected chi connectivity index (χ1v) is 7.61. The highest BCUT2D eigenvalue weighted by atomic mass is 19.3. The molecule has 0 radical (unpaired) electrons. The molecule has 0 spiro atoms. The fraction of sp³-hybridized carbons (Fsp3) is 0.600.